The first-order valence-corrected chi connectivity index (χ1v) is 11.0. The minimum atomic E-state index is -1.12. The Morgan fingerprint density at radius 1 is 1.25 bits per heavy atom. The number of carbonyl (C=O) groups excluding carboxylic acids is 2. The molecule has 2 aromatic rings. The third-order valence-electron chi connectivity index (χ3n) is 4.61. The lowest BCUT2D eigenvalue weighted by molar-refractivity contribution is -0.139. The molecule has 2 aromatic carbocycles. The first-order chi connectivity index (χ1) is 15.2. The summed E-state index contributed by atoms with van der Waals surface area (Å²) in [6.45, 7) is 1.50. The molecular weight excluding hydrogens is 547 g/mol. The standard InChI is InChI=1S/C22H19IN2O6S/c1-3-12-4-6-14(7-5-12)25-21(29)15(20(28)24-22(25)32)8-13-9-16(23)19(17(10-13)30-2)31-11-18(26)27/h4-10H,3,11H2,1-2H3,(H,26,27)(H,24,28,32)/b15-8+. The van der Waals surface area contributed by atoms with Crippen LogP contribution in [0.2, 0.25) is 0 Å². The largest absolute Gasteiger partial charge is 0.493 e. The second-order valence-corrected chi connectivity index (χ2v) is 8.24. The van der Waals surface area contributed by atoms with E-state index in [2.05, 4.69) is 5.32 Å². The molecule has 0 atom stereocenters. The van der Waals surface area contributed by atoms with Crippen LogP contribution in [-0.2, 0) is 20.8 Å². The van der Waals surface area contributed by atoms with E-state index >= 15 is 0 Å². The van der Waals surface area contributed by atoms with Crippen LogP contribution >= 0.6 is 34.8 Å². The van der Waals surface area contributed by atoms with E-state index < -0.39 is 24.4 Å². The number of aryl methyl sites for hydroxylation is 1. The highest BCUT2D eigenvalue weighted by atomic mass is 127. The van der Waals surface area contributed by atoms with Gasteiger partial charge < -0.3 is 14.6 Å². The summed E-state index contributed by atoms with van der Waals surface area (Å²) >= 11 is 7.20. The molecule has 10 heteroatoms. The number of halogens is 1. The van der Waals surface area contributed by atoms with Gasteiger partial charge in [-0.3, -0.25) is 19.8 Å². The second kappa shape index (κ2) is 10.1. The fourth-order valence-corrected chi connectivity index (χ4v) is 4.10. The van der Waals surface area contributed by atoms with Crippen LogP contribution in [0.3, 0.4) is 0 Å². The van der Waals surface area contributed by atoms with Gasteiger partial charge in [0.25, 0.3) is 11.8 Å². The van der Waals surface area contributed by atoms with Gasteiger partial charge >= 0.3 is 5.97 Å². The topological polar surface area (TPSA) is 105 Å². The average molecular weight is 566 g/mol. The van der Waals surface area contributed by atoms with Gasteiger partial charge in [0.05, 0.1) is 16.4 Å². The second-order valence-electron chi connectivity index (χ2n) is 6.69. The zero-order chi connectivity index (χ0) is 23.4. The Morgan fingerprint density at radius 3 is 2.53 bits per heavy atom. The molecule has 0 aliphatic carbocycles. The van der Waals surface area contributed by atoms with Crippen molar-refractivity contribution in [1.82, 2.24) is 5.32 Å². The summed E-state index contributed by atoms with van der Waals surface area (Å²) in [6, 6.07) is 10.6. The van der Waals surface area contributed by atoms with E-state index in [1.165, 1.54) is 18.1 Å². The Bertz CT molecular complexity index is 1130. The third kappa shape index (κ3) is 5.07. The van der Waals surface area contributed by atoms with E-state index in [-0.39, 0.29) is 22.2 Å². The molecule has 1 fully saturated rings. The summed E-state index contributed by atoms with van der Waals surface area (Å²) < 4.78 is 11.2. The van der Waals surface area contributed by atoms with Gasteiger partial charge in [0, 0.05) is 0 Å². The number of anilines is 1. The molecule has 32 heavy (non-hydrogen) atoms. The molecule has 2 amide bonds. The summed E-state index contributed by atoms with van der Waals surface area (Å²) in [4.78, 5) is 37.8. The van der Waals surface area contributed by atoms with Crippen LogP contribution in [0.25, 0.3) is 6.08 Å². The van der Waals surface area contributed by atoms with Crippen molar-refractivity contribution < 1.29 is 29.0 Å². The number of nitrogens with one attached hydrogen (secondary N) is 1. The monoisotopic (exact) mass is 566 g/mol. The number of carboxylic acids is 1. The van der Waals surface area contributed by atoms with E-state index in [0.29, 0.717) is 14.8 Å². The van der Waals surface area contributed by atoms with Crippen molar-refractivity contribution in [3.05, 3.63) is 56.7 Å². The maximum absolute atomic E-state index is 13.2. The van der Waals surface area contributed by atoms with Gasteiger partial charge in [-0.1, -0.05) is 19.1 Å². The fourth-order valence-electron chi connectivity index (χ4n) is 3.04. The van der Waals surface area contributed by atoms with Crippen molar-refractivity contribution in [3.63, 3.8) is 0 Å². The molecule has 0 unspecified atom stereocenters. The number of carboxylic acid groups (broad SMARTS) is 1. The maximum atomic E-state index is 13.2. The van der Waals surface area contributed by atoms with Gasteiger partial charge in [-0.25, -0.2) is 4.79 Å². The number of methoxy groups -OCH3 is 1. The van der Waals surface area contributed by atoms with E-state index in [0.717, 1.165) is 12.0 Å². The number of aliphatic carboxylic acids is 1. The highest BCUT2D eigenvalue weighted by Crippen LogP contribution is 2.35. The molecule has 0 spiro atoms. The molecule has 1 saturated heterocycles. The Labute approximate surface area is 203 Å². The van der Waals surface area contributed by atoms with Crippen LogP contribution in [0, 0.1) is 3.57 Å². The Balaban J connectivity index is 1.98. The highest BCUT2D eigenvalue weighted by molar-refractivity contribution is 14.1. The smallest absolute Gasteiger partial charge is 0.341 e. The zero-order valence-corrected chi connectivity index (χ0v) is 20.2. The lowest BCUT2D eigenvalue weighted by Gasteiger charge is -2.29. The van der Waals surface area contributed by atoms with Gasteiger partial charge in [-0.2, -0.15) is 0 Å². The number of thiocarbonyl (C=S) groups is 1. The van der Waals surface area contributed by atoms with Gasteiger partial charge in [0.2, 0.25) is 0 Å². The molecule has 3 rings (SSSR count). The number of hydrogen-bond acceptors (Lipinski definition) is 6. The minimum absolute atomic E-state index is 0.00554. The van der Waals surface area contributed by atoms with Crippen molar-refractivity contribution in [3.8, 4) is 11.5 Å². The van der Waals surface area contributed by atoms with Crippen molar-refractivity contribution in [2.24, 2.45) is 0 Å². The molecule has 1 aliphatic heterocycles. The summed E-state index contributed by atoms with van der Waals surface area (Å²) in [5.41, 5.74) is 2.06. The van der Waals surface area contributed by atoms with E-state index in [4.69, 9.17) is 26.8 Å². The molecule has 0 radical (unpaired) electrons. The number of amides is 2. The van der Waals surface area contributed by atoms with E-state index in [1.807, 2.05) is 41.6 Å². The molecule has 2 N–H and O–H groups in total. The quantitative estimate of drug-likeness (QED) is 0.230. The summed E-state index contributed by atoms with van der Waals surface area (Å²) in [5.74, 6) is -1.75. The molecular formula is C22H19IN2O6S. The third-order valence-corrected chi connectivity index (χ3v) is 5.69. The maximum Gasteiger partial charge on any atom is 0.341 e. The molecule has 166 valence electrons. The van der Waals surface area contributed by atoms with Gasteiger partial charge in [0.15, 0.2) is 23.2 Å². The number of carbonyl (C=O) groups is 3. The van der Waals surface area contributed by atoms with Crippen LogP contribution < -0.4 is 19.7 Å². The summed E-state index contributed by atoms with van der Waals surface area (Å²) in [5, 5.41) is 11.4. The van der Waals surface area contributed by atoms with Gasteiger partial charge in [-0.15, -0.1) is 0 Å². The molecule has 0 bridgehead atoms. The predicted molar refractivity (Wildman–Crippen MR) is 131 cm³/mol. The minimum Gasteiger partial charge on any atom is -0.493 e. The van der Waals surface area contributed by atoms with Crippen LogP contribution in [0.5, 0.6) is 11.5 Å². The van der Waals surface area contributed by atoms with Crippen molar-refractivity contribution in [2.75, 3.05) is 18.6 Å². The van der Waals surface area contributed by atoms with Crippen LogP contribution in [0.1, 0.15) is 18.1 Å². The number of hydrogen-bond donors (Lipinski definition) is 2. The molecule has 1 heterocycles. The zero-order valence-electron chi connectivity index (χ0n) is 17.2. The molecule has 8 nitrogen and oxygen atoms in total. The SMILES string of the molecule is CCc1ccc(N2C(=O)/C(=C/c3cc(I)c(OCC(=O)O)c(OC)c3)C(=O)NC2=S)cc1. The van der Waals surface area contributed by atoms with Gasteiger partial charge in [0.1, 0.15) is 5.57 Å². The average Bonchev–Trinajstić information content (AvgIpc) is 2.75. The van der Waals surface area contributed by atoms with Crippen LogP contribution in [0.4, 0.5) is 5.69 Å². The van der Waals surface area contributed by atoms with Gasteiger partial charge in [-0.05, 0) is 82.7 Å². The van der Waals surface area contributed by atoms with Crippen molar-refractivity contribution in [1.29, 1.82) is 0 Å². The van der Waals surface area contributed by atoms with Crippen molar-refractivity contribution >= 4 is 69.5 Å². The Hall–Kier alpha value is -2.99. The summed E-state index contributed by atoms with van der Waals surface area (Å²) in [6.07, 6.45) is 2.28. The van der Waals surface area contributed by atoms with Crippen LogP contribution in [-0.4, -0.2) is 41.7 Å². The fraction of sp³-hybridized carbons (Fsp3) is 0.182. The Morgan fingerprint density at radius 2 is 1.94 bits per heavy atom. The van der Waals surface area contributed by atoms with E-state index in [9.17, 15) is 14.4 Å². The lowest BCUT2D eigenvalue weighted by atomic mass is 10.1. The first-order valence-electron chi connectivity index (χ1n) is 9.47. The molecule has 0 saturated carbocycles. The lowest BCUT2D eigenvalue weighted by Crippen LogP contribution is -2.54. The number of nitrogens with zero attached hydrogens (tertiary/aromatic N) is 1. The number of ether oxygens (including phenoxy) is 2. The highest BCUT2D eigenvalue weighted by Gasteiger charge is 2.34. The number of benzene rings is 2. The Kier molecular flexibility index (Phi) is 7.46. The first kappa shape index (κ1) is 23.7. The predicted octanol–water partition coefficient (Wildman–Crippen LogP) is 3.16. The molecule has 0 aromatic heterocycles. The summed E-state index contributed by atoms with van der Waals surface area (Å²) in [7, 11) is 1.41. The van der Waals surface area contributed by atoms with Crippen molar-refractivity contribution in [2.45, 2.75) is 13.3 Å². The molecule has 1 aliphatic rings. The van der Waals surface area contributed by atoms with E-state index in [1.54, 1.807) is 24.3 Å². The van der Waals surface area contributed by atoms with Crippen LogP contribution in [0.15, 0.2) is 42.0 Å². The number of rotatable bonds is 7. The normalized spacial score (nSPS) is 15.0.